The molecule has 1 N–H and O–H groups in total. The first-order valence-corrected chi connectivity index (χ1v) is 13.0. The molecule has 0 saturated carbocycles. The number of rotatable bonds is 7. The molecule has 39 heavy (non-hydrogen) atoms. The quantitative estimate of drug-likeness (QED) is 0.176. The first kappa shape index (κ1) is 24.1. The lowest BCUT2D eigenvalue weighted by Crippen LogP contribution is -2.19. The van der Waals surface area contributed by atoms with Crippen LogP contribution in [0.5, 0.6) is 0 Å². The topological polar surface area (TPSA) is 46.4 Å². The zero-order valence-corrected chi connectivity index (χ0v) is 21.4. The number of carbonyl (C=O) groups is 1. The van der Waals surface area contributed by atoms with Crippen molar-refractivity contribution in [2.45, 2.75) is 6.42 Å². The Morgan fingerprint density at radius 1 is 0.692 bits per heavy atom. The van der Waals surface area contributed by atoms with Crippen LogP contribution >= 0.6 is 0 Å². The van der Waals surface area contributed by atoms with Crippen molar-refractivity contribution in [3.8, 4) is 28.2 Å². The number of nitrogens with zero attached hydrogens (tertiary/aromatic N) is 2. The second kappa shape index (κ2) is 11.0. The molecule has 1 aromatic heterocycles. The first-order valence-electron chi connectivity index (χ1n) is 13.0. The highest BCUT2D eigenvalue weighted by atomic mass is 16.2. The maximum Gasteiger partial charge on any atom is 0.244 e. The van der Waals surface area contributed by atoms with Crippen molar-refractivity contribution in [3.05, 3.63) is 151 Å². The van der Waals surface area contributed by atoms with Gasteiger partial charge >= 0.3 is 0 Å². The minimum atomic E-state index is -0.158. The minimum Gasteiger partial charge on any atom is -0.309 e. The summed E-state index contributed by atoms with van der Waals surface area (Å²) in [5, 5.41) is 6.61. The number of fused-ring (bicyclic) bond motifs is 1. The molecule has 0 saturated heterocycles. The van der Waals surface area contributed by atoms with Gasteiger partial charge in [-0.15, -0.1) is 0 Å². The molecule has 0 unspecified atom stereocenters. The van der Waals surface area contributed by atoms with E-state index in [4.69, 9.17) is 0 Å². The van der Waals surface area contributed by atoms with Gasteiger partial charge in [-0.1, -0.05) is 121 Å². The van der Waals surface area contributed by atoms with Crippen LogP contribution in [0.25, 0.3) is 39.0 Å². The summed E-state index contributed by atoms with van der Waals surface area (Å²) in [6, 6.07) is 47.2. The molecule has 0 radical (unpaired) electrons. The second-order valence-electron chi connectivity index (χ2n) is 9.34. The normalized spacial score (nSPS) is 11.2. The predicted molar refractivity (Wildman–Crippen MR) is 160 cm³/mol. The fourth-order valence-corrected chi connectivity index (χ4v) is 5.02. The summed E-state index contributed by atoms with van der Waals surface area (Å²) in [7, 11) is 0. The van der Waals surface area contributed by atoms with Crippen LogP contribution in [0.1, 0.15) is 11.1 Å². The zero-order chi connectivity index (χ0) is 26.4. The number of nitrogens with one attached hydrogen (secondary N) is 1. The van der Waals surface area contributed by atoms with E-state index in [1.54, 1.807) is 6.21 Å². The largest absolute Gasteiger partial charge is 0.309 e. The molecular formula is C35H27N3O. The standard InChI is InChI=1S/C35H27N3O/c39-34(24-29-19-12-18-26-13-10-11-22-32(26)29)37-36-25-30-23-33(27-14-4-1-5-15-27)38(31-20-8-3-9-21-31)35(30)28-16-6-2-7-17-28/h1-23,25H,24H2,(H,37,39)/b36-25-. The Kier molecular flexibility index (Phi) is 6.83. The van der Waals surface area contributed by atoms with Crippen LogP contribution in [0.4, 0.5) is 0 Å². The third kappa shape index (κ3) is 5.13. The lowest BCUT2D eigenvalue weighted by molar-refractivity contribution is -0.120. The monoisotopic (exact) mass is 505 g/mol. The van der Waals surface area contributed by atoms with E-state index in [1.807, 2.05) is 84.9 Å². The van der Waals surface area contributed by atoms with Crippen LogP contribution in [0.3, 0.4) is 0 Å². The SMILES string of the molecule is O=C(Cc1cccc2ccccc12)N/N=C\c1cc(-c2ccccc2)n(-c2ccccc2)c1-c1ccccc1. The molecule has 0 bridgehead atoms. The van der Waals surface area contributed by atoms with Gasteiger partial charge in [-0.3, -0.25) is 4.79 Å². The van der Waals surface area contributed by atoms with E-state index in [9.17, 15) is 4.79 Å². The van der Waals surface area contributed by atoms with E-state index in [-0.39, 0.29) is 12.3 Å². The van der Waals surface area contributed by atoms with Crippen molar-refractivity contribution in [1.82, 2.24) is 9.99 Å². The Bertz CT molecular complexity index is 1750. The van der Waals surface area contributed by atoms with E-state index in [1.165, 1.54) is 0 Å². The van der Waals surface area contributed by atoms with Crippen LogP contribution in [-0.2, 0) is 11.2 Å². The lowest BCUT2D eigenvalue weighted by atomic mass is 10.0. The van der Waals surface area contributed by atoms with Gasteiger partial charge in [-0.25, -0.2) is 5.43 Å². The number of hydrogen-bond acceptors (Lipinski definition) is 2. The van der Waals surface area contributed by atoms with Crippen LogP contribution in [0, 0.1) is 0 Å². The second-order valence-corrected chi connectivity index (χ2v) is 9.34. The summed E-state index contributed by atoms with van der Waals surface area (Å²) < 4.78 is 2.25. The van der Waals surface area contributed by atoms with Crippen LogP contribution in [-0.4, -0.2) is 16.7 Å². The highest BCUT2D eigenvalue weighted by molar-refractivity contribution is 5.95. The number of benzene rings is 5. The predicted octanol–water partition coefficient (Wildman–Crippen LogP) is 7.66. The van der Waals surface area contributed by atoms with Crippen molar-refractivity contribution in [2.24, 2.45) is 5.10 Å². The van der Waals surface area contributed by atoms with Gasteiger partial charge in [0.1, 0.15) is 0 Å². The maximum atomic E-state index is 12.9. The molecule has 1 amide bonds. The molecule has 6 aromatic rings. The average Bonchev–Trinajstić information content (AvgIpc) is 3.38. The van der Waals surface area contributed by atoms with E-state index in [0.29, 0.717) is 0 Å². The smallest absolute Gasteiger partial charge is 0.244 e. The number of hydrogen-bond donors (Lipinski definition) is 1. The van der Waals surface area contributed by atoms with Gasteiger partial charge < -0.3 is 4.57 Å². The van der Waals surface area contributed by atoms with Gasteiger partial charge in [0.25, 0.3) is 0 Å². The highest BCUT2D eigenvalue weighted by Crippen LogP contribution is 2.35. The van der Waals surface area contributed by atoms with Gasteiger partial charge in [-0.2, -0.15) is 5.10 Å². The molecule has 0 aliphatic heterocycles. The van der Waals surface area contributed by atoms with Gasteiger partial charge in [-0.05, 0) is 45.7 Å². The minimum absolute atomic E-state index is 0.158. The molecule has 1 heterocycles. The van der Waals surface area contributed by atoms with Crippen LogP contribution in [0.2, 0.25) is 0 Å². The molecular weight excluding hydrogens is 478 g/mol. The molecule has 188 valence electrons. The van der Waals surface area contributed by atoms with Gasteiger partial charge in [0.15, 0.2) is 0 Å². The number of carbonyl (C=O) groups excluding carboxylic acids is 1. The number of aromatic nitrogens is 1. The highest BCUT2D eigenvalue weighted by Gasteiger charge is 2.18. The van der Waals surface area contributed by atoms with Crippen LogP contribution in [0.15, 0.2) is 145 Å². The van der Waals surface area contributed by atoms with Crippen molar-refractivity contribution >= 4 is 22.9 Å². The third-order valence-electron chi connectivity index (χ3n) is 6.79. The molecule has 0 aliphatic carbocycles. The number of amides is 1. The molecule has 0 fully saturated rings. The Balaban J connectivity index is 1.37. The van der Waals surface area contributed by atoms with Gasteiger partial charge in [0.2, 0.25) is 5.91 Å². The molecule has 4 heteroatoms. The molecule has 0 atom stereocenters. The summed E-state index contributed by atoms with van der Waals surface area (Å²) in [5.74, 6) is -0.158. The maximum absolute atomic E-state index is 12.9. The number of para-hydroxylation sites is 1. The Morgan fingerprint density at radius 2 is 1.31 bits per heavy atom. The van der Waals surface area contributed by atoms with Crippen molar-refractivity contribution < 1.29 is 4.79 Å². The average molecular weight is 506 g/mol. The fourth-order valence-electron chi connectivity index (χ4n) is 5.02. The summed E-state index contributed by atoms with van der Waals surface area (Å²) in [5.41, 5.74) is 9.90. The third-order valence-corrected chi connectivity index (χ3v) is 6.79. The molecule has 6 rings (SSSR count). The Morgan fingerprint density at radius 3 is 2.05 bits per heavy atom. The molecule has 0 aliphatic rings. The molecule has 0 spiro atoms. The van der Waals surface area contributed by atoms with E-state index in [0.717, 1.165) is 50.1 Å². The fraction of sp³-hybridized carbons (Fsp3) is 0.0286. The summed E-state index contributed by atoms with van der Waals surface area (Å²) in [4.78, 5) is 12.9. The molecule has 4 nitrogen and oxygen atoms in total. The zero-order valence-electron chi connectivity index (χ0n) is 21.4. The van der Waals surface area contributed by atoms with Crippen molar-refractivity contribution in [2.75, 3.05) is 0 Å². The number of hydrazone groups is 1. The summed E-state index contributed by atoms with van der Waals surface area (Å²) in [6.45, 7) is 0. The van der Waals surface area contributed by atoms with Crippen molar-refractivity contribution in [1.29, 1.82) is 0 Å². The van der Waals surface area contributed by atoms with Crippen molar-refractivity contribution in [3.63, 3.8) is 0 Å². The van der Waals surface area contributed by atoms with Gasteiger partial charge in [0, 0.05) is 11.3 Å². The summed E-state index contributed by atoms with van der Waals surface area (Å²) >= 11 is 0. The Labute approximate surface area is 227 Å². The Hall–Kier alpha value is -5.22. The first-order chi connectivity index (χ1) is 19.3. The lowest BCUT2D eigenvalue weighted by Gasteiger charge is -2.15. The molecule has 5 aromatic carbocycles. The van der Waals surface area contributed by atoms with Gasteiger partial charge in [0.05, 0.1) is 24.0 Å². The van der Waals surface area contributed by atoms with E-state index < -0.39 is 0 Å². The van der Waals surface area contributed by atoms with E-state index >= 15 is 0 Å². The van der Waals surface area contributed by atoms with Crippen LogP contribution < -0.4 is 5.43 Å². The van der Waals surface area contributed by atoms with E-state index in [2.05, 4.69) is 69.7 Å². The summed E-state index contributed by atoms with van der Waals surface area (Å²) in [6.07, 6.45) is 2.00.